The molecule has 1 aliphatic carbocycles. The predicted octanol–water partition coefficient (Wildman–Crippen LogP) is 3.14. The lowest BCUT2D eigenvalue weighted by Gasteiger charge is -2.40. The largest absolute Gasteiger partial charge is 0.375 e. The van der Waals surface area contributed by atoms with Gasteiger partial charge in [0.2, 0.25) is 0 Å². The molecule has 1 saturated heterocycles. The third-order valence-electron chi connectivity index (χ3n) is 3.70. The summed E-state index contributed by atoms with van der Waals surface area (Å²) >= 11 is 0. The number of hydrogen-bond acceptors (Lipinski definition) is 1. The molecule has 2 rings (SSSR count). The molecule has 1 heteroatoms. The number of hydrogen-bond donors (Lipinski definition) is 0. The molecule has 1 spiro atoms. The summed E-state index contributed by atoms with van der Waals surface area (Å²) in [5.74, 6) is 0. The summed E-state index contributed by atoms with van der Waals surface area (Å²) in [6.45, 7) is 5.78. The second-order valence-electron chi connectivity index (χ2n) is 5.30. The Hall–Kier alpha value is -0.0400. The van der Waals surface area contributed by atoms with Crippen LogP contribution in [0.3, 0.4) is 0 Å². The first-order valence-corrected chi connectivity index (χ1v) is 5.26. The highest BCUT2D eigenvalue weighted by Gasteiger charge is 2.40. The van der Waals surface area contributed by atoms with Crippen LogP contribution in [0.15, 0.2) is 0 Å². The highest BCUT2D eigenvalue weighted by Crippen LogP contribution is 2.46. The van der Waals surface area contributed by atoms with E-state index in [0.717, 1.165) is 6.61 Å². The summed E-state index contributed by atoms with van der Waals surface area (Å²) in [5, 5.41) is 0. The molecule has 0 atom stereocenters. The molecule has 0 aromatic carbocycles. The molecule has 1 aliphatic heterocycles. The fraction of sp³-hybridized carbons (Fsp3) is 1.00. The van der Waals surface area contributed by atoms with E-state index in [9.17, 15) is 0 Å². The van der Waals surface area contributed by atoms with Gasteiger partial charge in [0.25, 0.3) is 0 Å². The lowest BCUT2D eigenvalue weighted by atomic mass is 9.70. The lowest BCUT2D eigenvalue weighted by molar-refractivity contribution is -0.0473. The van der Waals surface area contributed by atoms with Gasteiger partial charge < -0.3 is 4.74 Å². The van der Waals surface area contributed by atoms with E-state index in [2.05, 4.69) is 13.8 Å². The van der Waals surface area contributed by atoms with Gasteiger partial charge in [0, 0.05) is 6.61 Å². The molecule has 0 radical (unpaired) electrons. The summed E-state index contributed by atoms with van der Waals surface area (Å²) in [7, 11) is 0. The predicted molar refractivity (Wildman–Crippen MR) is 50.2 cm³/mol. The van der Waals surface area contributed by atoms with E-state index in [1.54, 1.807) is 0 Å². The standard InChI is InChI=1S/C11H20O/c1-10(2)5-7-11(8-6-10)4-3-9-12-11/h3-9H2,1-2H3. The highest BCUT2D eigenvalue weighted by molar-refractivity contribution is 4.92. The average Bonchev–Trinajstić information content (AvgIpc) is 2.46. The smallest absolute Gasteiger partial charge is 0.0683 e. The molecule has 0 unspecified atom stereocenters. The van der Waals surface area contributed by atoms with E-state index in [-0.39, 0.29) is 0 Å². The maximum atomic E-state index is 5.87. The third kappa shape index (κ3) is 1.52. The van der Waals surface area contributed by atoms with Crippen LogP contribution in [-0.2, 0) is 4.74 Å². The molecule has 12 heavy (non-hydrogen) atoms. The summed E-state index contributed by atoms with van der Waals surface area (Å²) in [5.41, 5.74) is 0.909. The Labute approximate surface area is 75.5 Å². The lowest BCUT2D eigenvalue weighted by Crippen LogP contribution is -2.36. The average molecular weight is 168 g/mol. The molecule has 2 aliphatic rings. The van der Waals surface area contributed by atoms with Crippen LogP contribution in [0, 0.1) is 5.41 Å². The molecule has 1 saturated carbocycles. The van der Waals surface area contributed by atoms with Crippen LogP contribution >= 0.6 is 0 Å². The molecule has 2 fully saturated rings. The fourth-order valence-electron chi connectivity index (χ4n) is 2.53. The van der Waals surface area contributed by atoms with Crippen molar-refractivity contribution < 1.29 is 4.74 Å². The zero-order valence-corrected chi connectivity index (χ0v) is 8.36. The summed E-state index contributed by atoms with van der Waals surface area (Å²) in [6, 6.07) is 0. The maximum absolute atomic E-state index is 5.87. The first-order valence-electron chi connectivity index (χ1n) is 5.26. The maximum Gasteiger partial charge on any atom is 0.0683 e. The van der Waals surface area contributed by atoms with Gasteiger partial charge in [0.05, 0.1) is 5.60 Å². The van der Waals surface area contributed by atoms with Crippen LogP contribution in [0.25, 0.3) is 0 Å². The fourth-order valence-corrected chi connectivity index (χ4v) is 2.53. The Bertz CT molecular complexity index is 154. The molecule has 70 valence electrons. The molecular weight excluding hydrogens is 148 g/mol. The second kappa shape index (κ2) is 2.73. The molecule has 0 bridgehead atoms. The Morgan fingerprint density at radius 2 is 1.58 bits per heavy atom. The van der Waals surface area contributed by atoms with Crippen molar-refractivity contribution >= 4 is 0 Å². The van der Waals surface area contributed by atoms with Gasteiger partial charge in [-0.15, -0.1) is 0 Å². The molecule has 0 aromatic rings. The normalized spacial score (nSPS) is 32.5. The number of rotatable bonds is 0. The van der Waals surface area contributed by atoms with E-state index in [1.165, 1.54) is 38.5 Å². The second-order valence-corrected chi connectivity index (χ2v) is 5.30. The molecule has 0 amide bonds. The third-order valence-corrected chi connectivity index (χ3v) is 3.70. The quantitative estimate of drug-likeness (QED) is 0.540. The van der Waals surface area contributed by atoms with Gasteiger partial charge in [0.1, 0.15) is 0 Å². The van der Waals surface area contributed by atoms with Gasteiger partial charge in [-0.05, 0) is 43.9 Å². The Balaban J connectivity index is 1.97. The Morgan fingerprint density at radius 3 is 2.08 bits per heavy atom. The van der Waals surface area contributed by atoms with E-state index in [0.29, 0.717) is 11.0 Å². The minimum atomic E-state index is 0.329. The van der Waals surface area contributed by atoms with Crippen LogP contribution in [0.4, 0.5) is 0 Å². The molecule has 1 heterocycles. The van der Waals surface area contributed by atoms with Crippen LogP contribution < -0.4 is 0 Å². The molecular formula is C11H20O. The van der Waals surface area contributed by atoms with Crippen molar-refractivity contribution in [3.8, 4) is 0 Å². The van der Waals surface area contributed by atoms with Gasteiger partial charge in [-0.25, -0.2) is 0 Å². The Kier molecular flexibility index (Phi) is 1.95. The molecule has 0 aromatic heterocycles. The Morgan fingerprint density at radius 1 is 0.917 bits per heavy atom. The van der Waals surface area contributed by atoms with Crippen molar-refractivity contribution in [1.82, 2.24) is 0 Å². The molecule has 0 N–H and O–H groups in total. The van der Waals surface area contributed by atoms with Crippen LogP contribution in [0.5, 0.6) is 0 Å². The topological polar surface area (TPSA) is 9.23 Å². The zero-order chi connectivity index (χ0) is 8.66. The van der Waals surface area contributed by atoms with E-state index in [1.807, 2.05) is 0 Å². The van der Waals surface area contributed by atoms with E-state index in [4.69, 9.17) is 4.74 Å². The minimum absolute atomic E-state index is 0.329. The van der Waals surface area contributed by atoms with Gasteiger partial charge >= 0.3 is 0 Å². The van der Waals surface area contributed by atoms with Crippen LogP contribution in [0.1, 0.15) is 52.4 Å². The first kappa shape index (κ1) is 8.55. The van der Waals surface area contributed by atoms with Gasteiger partial charge in [-0.1, -0.05) is 13.8 Å². The van der Waals surface area contributed by atoms with Gasteiger partial charge in [-0.3, -0.25) is 0 Å². The van der Waals surface area contributed by atoms with Crippen molar-refractivity contribution in [2.75, 3.05) is 6.61 Å². The van der Waals surface area contributed by atoms with Crippen molar-refractivity contribution in [2.45, 2.75) is 58.0 Å². The van der Waals surface area contributed by atoms with Crippen molar-refractivity contribution in [3.63, 3.8) is 0 Å². The molecule has 1 nitrogen and oxygen atoms in total. The van der Waals surface area contributed by atoms with Crippen molar-refractivity contribution in [1.29, 1.82) is 0 Å². The van der Waals surface area contributed by atoms with Crippen LogP contribution in [0.2, 0.25) is 0 Å². The minimum Gasteiger partial charge on any atom is -0.375 e. The van der Waals surface area contributed by atoms with Gasteiger partial charge in [0.15, 0.2) is 0 Å². The van der Waals surface area contributed by atoms with Crippen molar-refractivity contribution in [3.05, 3.63) is 0 Å². The van der Waals surface area contributed by atoms with E-state index < -0.39 is 0 Å². The van der Waals surface area contributed by atoms with Crippen molar-refractivity contribution in [2.24, 2.45) is 5.41 Å². The summed E-state index contributed by atoms with van der Waals surface area (Å²) in [6.07, 6.45) is 7.93. The van der Waals surface area contributed by atoms with Crippen LogP contribution in [-0.4, -0.2) is 12.2 Å². The van der Waals surface area contributed by atoms with E-state index >= 15 is 0 Å². The summed E-state index contributed by atoms with van der Waals surface area (Å²) in [4.78, 5) is 0. The SMILES string of the molecule is CC1(C)CCC2(CCCO2)CC1. The first-order chi connectivity index (χ1) is 5.62. The highest BCUT2D eigenvalue weighted by atomic mass is 16.5. The summed E-state index contributed by atoms with van der Waals surface area (Å²) < 4.78 is 5.87. The zero-order valence-electron chi connectivity index (χ0n) is 8.36. The monoisotopic (exact) mass is 168 g/mol. The number of ether oxygens (including phenoxy) is 1. The van der Waals surface area contributed by atoms with Gasteiger partial charge in [-0.2, -0.15) is 0 Å².